The molecular weight excluding hydrogens is 421 g/mol. The van der Waals surface area contributed by atoms with Crippen LogP contribution in [0.25, 0.3) is 0 Å². The number of anilines is 2. The molecule has 1 amide bonds. The van der Waals surface area contributed by atoms with E-state index in [1.165, 1.54) is 6.07 Å². The number of nitrogens with zero attached hydrogens (tertiary/aromatic N) is 2. The standard InChI is InChI=1S/C22H27ClFN5O2/c1-26-17-11-18(31-4)13(12-29(3)22(8-9-22)21(25)30)10-14(17)20(27-2)28-16-7-5-6-15(23)19(16)24/h5-7,10-11,26H,8-9,12H2,1-4H3,(H2,25,30)(H,27,28). The number of rotatable bonds is 8. The highest BCUT2D eigenvalue weighted by molar-refractivity contribution is 6.31. The Hall–Kier alpha value is -2.84. The quantitative estimate of drug-likeness (QED) is 0.425. The van der Waals surface area contributed by atoms with Crippen LogP contribution in [0.15, 0.2) is 35.3 Å². The predicted molar refractivity (Wildman–Crippen MR) is 123 cm³/mol. The molecular formula is C22H27ClFN5O2. The number of benzene rings is 2. The van der Waals surface area contributed by atoms with Crippen molar-refractivity contribution in [1.82, 2.24) is 4.90 Å². The Labute approximate surface area is 186 Å². The van der Waals surface area contributed by atoms with Crippen LogP contribution in [0, 0.1) is 5.82 Å². The molecule has 0 radical (unpaired) electrons. The van der Waals surface area contributed by atoms with Crippen LogP contribution in [0.5, 0.6) is 5.75 Å². The van der Waals surface area contributed by atoms with E-state index in [0.717, 1.165) is 29.7 Å². The lowest BCUT2D eigenvalue weighted by molar-refractivity contribution is -0.124. The van der Waals surface area contributed by atoms with Crippen LogP contribution in [-0.4, -0.2) is 50.4 Å². The molecule has 1 aliphatic carbocycles. The van der Waals surface area contributed by atoms with Gasteiger partial charge in [0, 0.05) is 43.5 Å². The molecule has 0 bridgehead atoms. The van der Waals surface area contributed by atoms with Crippen LogP contribution in [0.2, 0.25) is 5.02 Å². The van der Waals surface area contributed by atoms with Crippen LogP contribution < -0.4 is 21.1 Å². The number of carbonyl (C=O) groups is 1. The zero-order valence-electron chi connectivity index (χ0n) is 18.1. The van der Waals surface area contributed by atoms with E-state index in [1.54, 1.807) is 33.3 Å². The van der Waals surface area contributed by atoms with Gasteiger partial charge in [0.05, 0.1) is 17.8 Å². The number of ether oxygens (including phenoxy) is 1. The Kier molecular flexibility index (Phi) is 6.71. The Bertz CT molecular complexity index is 1020. The highest BCUT2D eigenvalue weighted by Gasteiger charge is 2.52. The summed E-state index contributed by atoms with van der Waals surface area (Å²) in [4.78, 5) is 18.2. The first-order valence-corrected chi connectivity index (χ1v) is 10.2. The first-order chi connectivity index (χ1) is 14.8. The van der Waals surface area contributed by atoms with Crippen LogP contribution in [0.4, 0.5) is 15.8 Å². The summed E-state index contributed by atoms with van der Waals surface area (Å²) in [5.74, 6) is 0.231. The third kappa shape index (κ3) is 4.45. The molecule has 2 aromatic carbocycles. The minimum absolute atomic E-state index is 0.0209. The fourth-order valence-electron chi connectivity index (χ4n) is 3.65. The van der Waals surface area contributed by atoms with Crippen molar-refractivity contribution in [2.75, 3.05) is 38.9 Å². The highest BCUT2D eigenvalue weighted by Crippen LogP contribution is 2.42. The van der Waals surface area contributed by atoms with Gasteiger partial charge in [-0.1, -0.05) is 17.7 Å². The topological polar surface area (TPSA) is 92.0 Å². The van der Waals surface area contributed by atoms with Gasteiger partial charge in [-0.2, -0.15) is 0 Å². The number of amidine groups is 1. The van der Waals surface area contributed by atoms with Gasteiger partial charge in [0.2, 0.25) is 5.91 Å². The highest BCUT2D eigenvalue weighted by atomic mass is 35.5. The third-order valence-electron chi connectivity index (χ3n) is 5.69. The van der Waals surface area contributed by atoms with Gasteiger partial charge in [0.25, 0.3) is 0 Å². The van der Waals surface area contributed by atoms with Crippen LogP contribution in [-0.2, 0) is 11.3 Å². The summed E-state index contributed by atoms with van der Waals surface area (Å²) in [5.41, 5.74) is 7.53. The van der Waals surface area contributed by atoms with Crippen LogP contribution >= 0.6 is 11.6 Å². The Morgan fingerprint density at radius 3 is 2.61 bits per heavy atom. The van der Waals surface area contributed by atoms with E-state index in [0.29, 0.717) is 18.1 Å². The minimum atomic E-state index is -0.614. The SMILES string of the molecule is CN=C(Nc1cccc(Cl)c1F)c1cc(CN(C)C2(C(N)=O)CC2)c(OC)cc1NC. The zero-order chi connectivity index (χ0) is 22.8. The van der Waals surface area contributed by atoms with E-state index in [9.17, 15) is 9.18 Å². The average molecular weight is 448 g/mol. The molecule has 0 saturated heterocycles. The number of aliphatic imine (C=N–C) groups is 1. The fraction of sp³-hybridized carbons (Fsp3) is 0.364. The summed E-state index contributed by atoms with van der Waals surface area (Å²) in [6, 6.07) is 8.50. The number of hydrogen-bond donors (Lipinski definition) is 3. The van der Waals surface area contributed by atoms with Crippen molar-refractivity contribution in [2.24, 2.45) is 10.7 Å². The Balaban J connectivity index is 1.99. The largest absolute Gasteiger partial charge is 0.496 e. The number of hydrogen-bond acceptors (Lipinski definition) is 5. The van der Waals surface area contributed by atoms with Crippen molar-refractivity contribution < 1.29 is 13.9 Å². The number of likely N-dealkylation sites (N-methyl/N-ethyl adjacent to an activating group) is 1. The van der Waals surface area contributed by atoms with Gasteiger partial charge in [-0.3, -0.25) is 14.7 Å². The number of nitrogens with one attached hydrogen (secondary N) is 2. The molecule has 0 atom stereocenters. The average Bonchev–Trinajstić information content (AvgIpc) is 3.57. The molecule has 1 saturated carbocycles. The molecule has 7 nitrogen and oxygen atoms in total. The molecule has 1 aliphatic rings. The smallest absolute Gasteiger partial charge is 0.237 e. The summed E-state index contributed by atoms with van der Waals surface area (Å²) >= 11 is 5.91. The van der Waals surface area contributed by atoms with Crippen LogP contribution in [0.3, 0.4) is 0 Å². The van der Waals surface area contributed by atoms with E-state index < -0.39 is 11.4 Å². The van der Waals surface area contributed by atoms with Crippen molar-refractivity contribution in [3.8, 4) is 5.75 Å². The molecule has 3 rings (SSSR count). The summed E-state index contributed by atoms with van der Waals surface area (Å²) in [6.45, 7) is 0.450. The fourth-order valence-corrected chi connectivity index (χ4v) is 3.83. The van der Waals surface area contributed by atoms with E-state index in [2.05, 4.69) is 15.6 Å². The number of primary amides is 1. The maximum atomic E-state index is 14.4. The van der Waals surface area contributed by atoms with E-state index in [4.69, 9.17) is 22.1 Å². The number of halogens is 2. The second kappa shape index (κ2) is 9.11. The molecule has 0 aliphatic heterocycles. The number of carbonyl (C=O) groups excluding carboxylic acids is 1. The third-order valence-corrected chi connectivity index (χ3v) is 5.99. The van der Waals surface area contributed by atoms with Crippen LogP contribution in [0.1, 0.15) is 24.0 Å². The predicted octanol–water partition coefficient (Wildman–Crippen LogP) is 3.47. The van der Waals surface area contributed by atoms with Gasteiger partial charge in [0.1, 0.15) is 17.1 Å². The molecule has 4 N–H and O–H groups in total. The lowest BCUT2D eigenvalue weighted by atomic mass is 10.0. The first-order valence-electron chi connectivity index (χ1n) is 9.85. The van der Waals surface area contributed by atoms with Crippen molar-refractivity contribution in [1.29, 1.82) is 0 Å². The zero-order valence-corrected chi connectivity index (χ0v) is 18.8. The maximum absolute atomic E-state index is 14.4. The maximum Gasteiger partial charge on any atom is 0.237 e. The lowest BCUT2D eigenvalue weighted by Gasteiger charge is -2.26. The number of methoxy groups -OCH3 is 1. The van der Waals surface area contributed by atoms with Gasteiger partial charge in [-0.25, -0.2) is 4.39 Å². The van der Waals surface area contributed by atoms with Crippen molar-refractivity contribution >= 4 is 34.7 Å². The number of nitrogens with two attached hydrogens (primary N) is 1. The second-order valence-corrected chi connectivity index (χ2v) is 7.92. The van der Waals surface area contributed by atoms with Crippen molar-refractivity contribution in [3.05, 3.63) is 52.3 Å². The van der Waals surface area contributed by atoms with E-state index >= 15 is 0 Å². The van der Waals surface area contributed by atoms with Crippen molar-refractivity contribution in [3.63, 3.8) is 0 Å². The van der Waals surface area contributed by atoms with Gasteiger partial charge in [-0.05, 0) is 38.1 Å². The van der Waals surface area contributed by atoms with Gasteiger partial charge in [-0.15, -0.1) is 0 Å². The summed E-state index contributed by atoms with van der Waals surface area (Å²) < 4.78 is 20.0. The summed E-state index contributed by atoms with van der Waals surface area (Å²) in [6.07, 6.45) is 1.47. The Morgan fingerprint density at radius 2 is 2.06 bits per heavy atom. The molecule has 0 unspecified atom stereocenters. The molecule has 31 heavy (non-hydrogen) atoms. The normalized spacial score (nSPS) is 15.0. The van der Waals surface area contributed by atoms with Gasteiger partial charge >= 0.3 is 0 Å². The summed E-state index contributed by atoms with van der Waals surface area (Å²) in [5, 5.41) is 6.18. The first kappa shape index (κ1) is 22.8. The van der Waals surface area contributed by atoms with Crippen molar-refractivity contribution in [2.45, 2.75) is 24.9 Å². The minimum Gasteiger partial charge on any atom is -0.496 e. The molecule has 0 spiro atoms. The van der Waals surface area contributed by atoms with Gasteiger partial charge in [0.15, 0.2) is 5.82 Å². The van der Waals surface area contributed by atoms with E-state index in [-0.39, 0.29) is 16.6 Å². The molecule has 0 aromatic heterocycles. The molecule has 0 heterocycles. The molecule has 1 fully saturated rings. The summed E-state index contributed by atoms with van der Waals surface area (Å²) in [7, 11) is 6.86. The van der Waals surface area contributed by atoms with E-state index in [1.807, 2.05) is 24.1 Å². The second-order valence-electron chi connectivity index (χ2n) is 7.51. The molecule has 9 heteroatoms. The molecule has 2 aromatic rings. The monoisotopic (exact) mass is 447 g/mol. The Morgan fingerprint density at radius 1 is 1.35 bits per heavy atom. The molecule has 166 valence electrons. The number of amides is 1. The van der Waals surface area contributed by atoms with Gasteiger partial charge < -0.3 is 21.1 Å². The lowest BCUT2D eigenvalue weighted by Crippen LogP contribution is -2.44.